The lowest BCUT2D eigenvalue weighted by Crippen LogP contribution is -2.14. The Morgan fingerprint density at radius 2 is 2.00 bits per heavy atom. The Labute approximate surface area is 162 Å². The van der Waals surface area contributed by atoms with Crippen LogP contribution in [0.3, 0.4) is 0 Å². The van der Waals surface area contributed by atoms with Crippen molar-refractivity contribution in [3.63, 3.8) is 0 Å². The van der Waals surface area contributed by atoms with Crippen LogP contribution in [0.4, 0.5) is 17.1 Å². The number of rotatable bonds is 7. The molecule has 7 heteroatoms. The highest BCUT2D eigenvalue weighted by molar-refractivity contribution is 5.96. The molecule has 0 aliphatic carbocycles. The van der Waals surface area contributed by atoms with Crippen LogP contribution in [-0.4, -0.2) is 15.8 Å². The Kier molecular flexibility index (Phi) is 5.84. The zero-order valence-corrected chi connectivity index (χ0v) is 15.8. The van der Waals surface area contributed by atoms with E-state index in [0.29, 0.717) is 29.8 Å². The number of non-ortho nitro benzene ring substituents is 1. The normalized spacial score (nSPS) is 10.8. The number of anilines is 2. The number of hydrogen-bond donors (Lipinski definition) is 2. The first-order valence-electron chi connectivity index (χ1n) is 9.09. The molecule has 0 aliphatic heterocycles. The Morgan fingerprint density at radius 1 is 1.18 bits per heavy atom. The van der Waals surface area contributed by atoms with Gasteiger partial charge in [0, 0.05) is 30.9 Å². The first-order chi connectivity index (χ1) is 13.4. The maximum atomic E-state index is 12.0. The van der Waals surface area contributed by atoms with Gasteiger partial charge in [0.1, 0.15) is 5.52 Å². The maximum Gasteiger partial charge on any atom is 0.278 e. The van der Waals surface area contributed by atoms with Gasteiger partial charge in [-0.1, -0.05) is 26.0 Å². The lowest BCUT2D eigenvalue weighted by Gasteiger charge is -2.11. The van der Waals surface area contributed by atoms with E-state index in [2.05, 4.69) is 15.6 Å². The van der Waals surface area contributed by atoms with E-state index < -0.39 is 4.92 Å². The lowest BCUT2D eigenvalue weighted by molar-refractivity contribution is -0.383. The van der Waals surface area contributed by atoms with Gasteiger partial charge in [-0.25, -0.2) is 0 Å². The Bertz CT molecular complexity index is 1020. The van der Waals surface area contributed by atoms with Crippen molar-refractivity contribution >= 4 is 33.9 Å². The third kappa shape index (κ3) is 4.62. The van der Waals surface area contributed by atoms with Gasteiger partial charge in [0.25, 0.3) is 5.69 Å². The average Bonchev–Trinajstić information content (AvgIpc) is 2.65. The van der Waals surface area contributed by atoms with Crippen molar-refractivity contribution in [2.45, 2.75) is 26.8 Å². The first-order valence-corrected chi connectivity index (χ1v) is 9.09. The van der Waals surface area contributed by atoms with Gasteiger partial charge < -0.3 is 10.6 Å². The van der Waals surface area contributed by atoms with Crippen LogP contribution in [0, 0.1) is 16.0 Å². The number of carbonyl (C=O) groups is 1. The summed E-state index contributed by atoms with van der Waals surface area (Å²) in [5.41, 5.74) is 3.03. The molecule has 0 saturated carbocycles. The fourth-order valence-electron chi connectivity index (χ4n) is 3.00. The first kappa shape index (κ1) is 19.3. The highest BCUT2D eigenvalue weighted by Crippen LogP contribution is 2.30. The molecule has 3 rings (SSSR count). The van der Waals surface area contributed by atoms with Crippen LogP contribution in [-0.2, 0) is 11.3 Å². The molecule has 1 heterocycles. The lowest BCUT2D eigenvalue weighted by atomic mass is 10.1. The van der Waals surface area contributed by atoms with Crippen molar-refractivity contribution in [1.29, 1.82) is 0 Å². The number of nitrogens with one attached hydrogen (secondary N) is 2. The molecular weight excluding hydrogens is 356 g/mol. The van der Waals surface area contributed by atoms with Crippen LogP contribution in [0.1, 0.15) is 25.8 Å². The summed E-state index contributed by atoms with van der Waals surface area (Å²) >= 11 is 0. The number of aromatic nitrogens is 1. The third-order valence-electron chi connectivity index (χ3n) is 4.23. The van der Waals surface area contributed by atoms with E-state index in [1.165, 1.54) is 6.07 Å². The van der Waals surface area contributed by atoms with Crippen LogP contribution in [0.25, 0.3) is 10.9 Å². The molecule has 0 atom stereocenters. The Hall–Kier alpha value is -3.48. The van der Waals surface area contributed by atoms with Gasteiger partial charge in [0.15, 0.2) is 0 Å². The van der Waals surface area contributed by atoms with Crippen molar-refractivity contribution in [3.05, 3.63) is 70.4 Å². The second kappa shape index (κ2) is 8.47. The summed E-state index contributed by atoms with van der Waals surface area (Å²) in [6.45, 7) is 4.50. The number of amides is 1. The van der Waals surface area contributed by atoms with Crippen molar-refractivity contribution in [3.8, 4) is 0 Å². The molecule has 0 spiro atoms. The quantitative estimate of drug-likeness (QED) is 0.457. The molecule has 7 nitrogen and oxygen atoms in total. The molecule has 1 amide bonds. The van der Waals surface area contributed by atoms with Gasteiger partial charge in [0.05, 0.1) is 16.0 Å². The number of hydrogen-bond acceptors (Lipinski definition) is 5. The van der Waals surface area contributed by atoms with E-state index in [0.717, 1.165) is 16.9 Å². The number of carbonyl (C=O) groups excluding carboxylic acids is 1. The molecule has 2 N–H and O–H groups in total. The van der Waals surface area contributed by atoms with E-state index in [9.17, 15) is 14.9 Å². The Morgan fingerprint density at radius 3 is 2.75 bits per heavy atom. The SMILES string of the molecule is CC(C)CC(=O)Nc1cccc(CNc2ccc([N+](=O)[O-])c3cccnc23)c1. The molecule has 0 bridgehead atoms. The molecule has 0 aliphatic rings. The molecule has 144 valence electrons. The fourth-order valence-corrected chi connectivity index (χ4v) is 3.00. The fraction of sp³-hybridized carbons (Fsp3) is 0.238. The number of pyridine rings is 1. The second-order valence-corrected chi connectivity index (χ2v) is 6.99. The van der Waals surface area contributed by atoms with Crippen LogP contribution < -0.4 is 10.6 Å². The molecule has 0 fully saturated rings. The molecule has 3 aromatic rings. The minimum atomic E-state index is -0.406. The number of nitro groups is 1. The zero-order chi connectivity index (χ0) is 20.1. The molecule has 0 saturated heterocycles. The van der Waals surface area contributed by atoms with Crippen molar-refractivity contribution in [2.24, 2.45) is 5.92 Å². The van der Waals surface area contributed by atoms with E-state index in [1.807, 2.05) is 38.1 Å². The van der Waals surface area contributed by atoms with Crippen molar-refractivity contribution < 1.29 is 9.72 Å². The van der Waals surface area contributed by atoms with E-state index in [1.54, 1.807) is 24.4 Å². The second-order valence-electron chi connectivity index (χ2n) is 6.99. The van der Waals surface area contributed by atoms with Crippen molar-refractivity contribution in [1.82, 2.24) is 4.98 Å². The van der Waals surface area contributed by atoms with Gasteiger partial charge in [0.2, 0.25) is 5.91 Å². The van der Waals surface area contributed by atoms with Gasteiger partial charge in [-0.05, 0) is 41.8 Å². The van der Waals surface area contributed by atoms with E-state index >= 15 is 0 Å². The minimum absolute atomic E-state index is 0.00864. The largest absolute Gasteiger partial charge is 0.379 e. The minimum Gasteiger partial charge on any atom is -0.379 e. The molecule has 2 aromatic carbocycles. The van der Waals surface area contributed by atoms with Gasteiger partial charge in [-0.3, -0.25) is 19.9 Å². The highest BCUT2D eigenvalue weighted by Gasteiger charge is 2.14. The van der Waals surface area contributed by atoms with Crippen LogP contribution >= 0.6 is 0 Å². The molecule has 0 unspecified atom stereocenters. The van der Waals surface area contributed by atoms with Crippen LogP contribution in [0.15, 0.2) is 54.7 Å². The monoisotopic (exact) mass is 378 g/mol. The standard InChI is InChI=1S/C21H22N4O3/c1-14(2)11-20(26)24-16-6-3-5-15(12-16)13-23-18-8-9-19(25(27)28)17-7-4-10-22-21(17)18/h3-10,12,14,23H,11,13H2,1-2H3,(H,24,26). The predicted molar refractivity (Wildman–Crippen MR) is 110 cm³/mol. The smallest absolute Gasteiger partial charge is 0.278 e. The molecular formula is C21H22N4O3. The molecule has 28 heavy (non-hydrogen) atoms. The summed E-state index contributed by atoms with van der Waals surface area (Å²) in [5, 5.41) is 17.9. The summed E-state index contributed by atoms with van der Waals surface area (Å²) in [5.74, 6) is 0.290. The maximum absolute atomic E-state index is 12.0. The summed E-state index contributed by atoms with van der Waals surface area (Å²) < 4.78 is 0. The third-order valence-corrected chi connectivity index (χ3v) is 4.23. The summed E-state index contributed by atoms with van der Waals surface area (Å²) in [7, 11) is 0. The van der Waals surface area contributed by atoms with Crippen molar-refractivity contribution in [2.75, 3.05) is 10.6 Å². The van der Waals surface area contributed by atoms with Gasteiger partial charge >= 0.3 is 0 Å². The number of fused-ring (bicyclic) bond motifs is 1. The molecule has 0 radical (unpaired) electrons. The number of benzene rings is 2. The predicted octanol–water partition coefficient (Wildman–Crippen LogP) is 4.74. The topological polar surface area (TPSA) is 97.2 Å². The summed E-state index contributed by atoms with van der Waals surface area (Å²) in [6, 6.07) is 14.1. The summed E-state index contributed by atoms with van der Waals surface area (Å²) in [6.07, 6.45) is 2.09. The van der Waals surface area contributed by atoms with Gasteiger partial charge in [-0.2, -0.15) is 0 Å². The molecule has 1 aromatic heterocycles. The van der Waals surface area contributed by atoms with Crippen LogP contribution in [0.2, 0.25) is 0 Å². The van der Waals surface area contributed by atoms with E-state index in [4.69, 9.17) is 0 Å². The number of nitrogens with zero attached hydrogens (tertiary/aromatic N) is 2. The van der Waals surface area contributed by atoms with Crippen LogP contribution in [0.5, 0.6) is 0 Å². The Balaban J connectivity index is 1.76. The average molecular weight is 378 g/mol. The number of nitro benzene ring substituents is 1. The highest BCUT2D eigenvalue weighted by atomic mass is 16.6. The van der Waals surface area contributed by atoms with E-state index in [-0.39, 0.29) is 11.6 Å². The van der Waals surface area contributed by atoms with Gasteiger partial charge in [-0.15, -0.1) is 0 Å². The summed E-state index contributed by atoms with van der Waals surface area (Å²) in [4.78, 5) is 27.1. The zero-order valence-electron chi connectivity index (χ0n) is 15.8.